The van der Waals surface area contributed by atoms with Crippen LogP contribution in [0, 0.1) is 0 Å². The molecule has 0 saturated carbocycles. The third-order valence-electron chi connectivity index (χ3n) is 7.74. The predicted molar refractivity (Wildman–Crippen MR) is 150 cm³/mol. The summed E-state index contributed by atoms with van der Waals surface area (Å²) in [7, 11) is 3.63. The molecule has 4 heteroatoms. The van der Waals surface area contributed by atoms with E-state index in [1.54, 1.807) is 0 Å². The molecule has 34 heavy (non-hydrogen) atoms. The summed E-state index contributed by atoms with van der Waals surface area (Å²) in [5.74, 6) is 0. The van der Waals surface area contributed by atoms with Crippen molar-refractivity contribution in [3.8, 4) is 0 Å². The number of hydrogen-bond donors (Lipinski definition) is 0. The van der Waals surface area contributed by atoms with Gasteiger partial charge < -0.3 is 4.89 Å². The van der Waals surface area contributed by atoms with Gasteiger partial charge in [0.15, 0.2) is 0 Å². The lowest BCUT2D eigenvalue weighted by Crippen LogP contribution is -2.55. The number of rotatable bonds is 25. The van der Waals surface area contributed by atoms with Crippen molar-refractivity contribution in [2.24, 2.45) is 0 Å². The van der Waals surface area contributed by atoms with Crippen molar-refractivity contribution < 1.29 is 13.9 Å². The molecule has 0 aromatic rings. The molecule has 0 bridgehead atoms. The van der Waals surface area contributed by atoms with Crippen molar-refractivity contribution in [2.45, 2.75) is 160 Å². The van der Waals surface area contributed by atoms with Gasteiger partial charge in [0.05, 0.1) is 21.1 Å². The van der Waals surface area contributed by atoms with Gasteiger partial charge in [-0.3, -0.25) is 4.48 Å². The van der Waals surface area contributed by atoms with Gasteiger partial charge in [0.1, 0.15) is 0 Å². The summed E-state index contributed by atoms with van der Waals surface area (Å²) in [4.78, 5) is 12.0. The SMILES string of the molecule is CCCCCCCCCCCC/C=C\CCCCCCCCCCC(CC)([P+](=O)[O-])[N+](C)(C)C. The lowest BCUT2D eigenvalue weighted by Gasteiger charge is -2.39. The van der Waals surface area contributed by atoms with Crippen LogP contribution in [0.3, 0.4) is 0 Å². The van der Waals surface area contributed by atoms with Crippen LogP contribution in [0.1, 0.15) is 155 Å². The Balaban J connectivity index is 3.48. The Labute approximate surface area is 215 Å². The van der Waals surface area contributed by atoms with E-state index < -0.39 is 13.3 Å². The minimum atomic E-state index is -2.42. The van der Waals surface area contributed by atoms with Gasteiger partial charge in [0, 0.05) is 12.8 Å². The summed E-state index contributed by atoms with van der Waals surface area (Å²) in [6.07, 6.45) is 33.1. The Morgan fingerprint density at radius 1 is 0.618 bits per heavy atom. The van der Waals surface area contributed by atoms with Gasteiger partial charge in [-0.25, -0.2) is 0 Å². The quantitative estimate of drug-likeness (QED) is 0.0544. The van der Waals surface area contributed by atoms with Gasteiger partial charge in [-0.15, -0.1) is 0 Å². The van der Waals surface area contributed by atoms with Crippen LogP contribution >= 0.6 is 8.03 Å². The number of unbranched alkanes of at least 4 members (excludes halogenated alkanes) is 18. The minimum Gasteiger partial charge on any atom is -0.590 e. The molecule has 0 heterocycles. The van der Waals surface area contributed by atoms with E-state index in [1.807, 2.05) is 28.1 Å². The fraction of sp³-hybridized carbons (Fsp3) is 0.933. The van der Waals surface area contributed by atoms with Crippen molar-refractivity contribution in [3.05, 3.63) is 12.2 Å². The Kier molecular flexibility index (Phi) is 21.8. The molecule has 0 aliphatic rings. The molecule has 0 spiro atoms. The number of nitrogens with zero attached hydrogens (tertiary/aromatic N) is 1. The molecule has 0 radical (unpaired) electrons. The normalized spacial score (nSPS) is 14.6. The maximum Gasteiger partial charge on any atom is 0.376 e. The first-order valence-corrected chi connectivity index (χ1v) is 16.1. The summed E-state index contributed by atoms with van der Waals surface area (Å²) < 4.78 is 12.5. The molecule has 0 fully saturated rings. The first-order valence-electron chi connectivity index (χ1n) is 14.9. The maximum atomic E-state index is 12.0. The van der Waals surface area contributed by atoms with Gasteiger partial charge in [-0.2, -0.15) is 0 Å². The molecule has 0 saturated heterocycles. The average molecular weight is 499 g/mol. The highest BCUT2D eigenvalue weighted by atomic mass is 31.1. The smallest absolute Gasteiger partial charge is 0.376 e. The van der Waals surface area contributed by atoms with Crippen molar-refractivity contribution in [1.82, 2.24) is 0 Å². The van der Waals surface area contributed by atoms with Crippen molar-refractivity contribution in [1.29, 1.82) is 0 Å². The van der Waals surface area contributed by atoms with Crippen molar-refractivity contribution in [2.75, 3.05) is 21.1 Å². The van der Waals surface area contributed by atoms with Crippen LogP contribution in [0.25, 0.3) is 0 Å². The van der Waals surface area contributed by atoms with Crippen LogP contribution in [0.15, 0.2) is 12.2 Å². The topological polar surface area (TPSA) is 40.1 Å². The van der Waals surface area contributed by atoms with Crippen LogP contribution < -0.4 is 4.89 Å². The predicted octanol–water partition coefficient (Wildman–Crippen LogP) is 9.67. The molecule has 202 valence electrons. The third kappa shape index (κ3) is 16.4. The molecule has 0 aliphatic carbocycles. The molecule has 0 aromatic carbocycles. The van der Waals surface area contributed by atoms with Crippen molar-refractivity contribution in [3.63, 3.8) is 0 Å². The zero-order valence-corrected chi connectivity index (χ0v) is 24.8. The highest BCUT2D eigenvalue weighted by Crippen LogP contribution is 2.44. The lowest BCUT2D eigenvalue weighted by atomic mass is 10.0. The molecule has 2 unspecified atom stereocenters. The Morgan fingerprint density at radius 3 is 1.29 bits per heavy atom. The van der Waals surface area contributed by atoms with Crippen LogP contribution in [0.2, 0.25) is 0 Å². The van der Waals surface area contributed by atoms with Crippen LogP contribution in [0.5, 0.6) is 0 Å². The van der Waals surface area contributed by atoms with E-state index in [2.05, 4.69) is 19.1 Å². The first kappa shape index (κ1) is 33.8. The van der Waals surface area contributed by atoms with E-state index in [4.69, 9.17) is 0 Å². The van der Waals surface area contributed by atoms with Gasteiger partial charge >= 0.3 is 8.03 Å². The molecule has 2 atom stereocenters. The second-order valence-corrected chi connectivity index (χ2v) is 12.8. The van der Waals surface area contributed by atoms with E-state index in [0.29, 0.717) is 10.9 Å². The van der Waals surface area contributed by atoms with E-state index in [0.717, 1.165) is 19.3 Å². The van der Waals surface area contributed by atoms with Crippen LogP contribution in [-0.4, -0.2) is 30.9 Å². The molecule has 0 rings (SSSR count). The summed E-state index contributed by atoms with van der Waals surface area (Å²) in [5.41, 5.74) is 0. The molecule has 0 aliphatic heterocycles. The zero-order valence-electron chi connectivity index (χ0n) is 23.9. The largest absolute Gasteiger partial charge is 0.590 e. The van der Waals surface area contributed by atoms with Gasteiger partial charge in [0.25, 0.3) is 5.28 Å². The van der Waals surface area contributed by atoms with Gasteiger partial charge in [-0.05, 0) is 32.1 Å². The Morgan fingerprint density at radius 2 is 0.971 bits per heavy atom. The van der Waals surface area contributed by atoms with E-state index >= 15 is 0 Å². The third-order valence-corrected chi connectivity index (χ3v) is 9.56. The zero-order chi connectivity index (χ0) is 25.5. The molecule has 0 N–H and O–H groups in total. The van der Waals surface area contributed by atoms with E-state index in [-0.39, 0.29) is 0 Å². The first-order chi connectivity index (χ1) is 16.3. The summed E-state index contributed by atoms with van der Waals surface area (Å²) in [6.45, 7) is 4.30. The molecule has 0 aromatic heterocycles. The maximum absolute atomic E-state index is 12.0. The fourth-order valence-corrected chi connectivity index (χ4v) is 6.26. The summed E-state index contributed by atoms with van der Waals surface area (Å²) in [5, 5.41) is -0.601. The number of allylic oxidation sites excluding steroid dienone is 2. The standard InChI is InChI=1S/C30H61NO2P/c1-6-8-9-10-11-12-13-14-15-16-17-18-19-20-21-22-23-24-25-26-27-28-29-30(7-2,34(32)33)31(3,4)5/h18-19H,6-17,20-29H2,1-5H3/q+1/b19-18-. The minimum absolute atomic E-state index is 0.510. The monoisotopic (exact) mass is 498 g/mol. The van der Waals surface area contributed by atoms with E-state index in [1.165, 1.54) is 116 Å². The lowest BCUT2D eigenvalue weighted by molar-refractivity contribution is -0.910. The molecule has 0 amide bonds. The highest BCUT2D eigenvalue weighted by Gasteiger charge is 2.52. The number of hydrogen-bond acceptors (Lipinski definition) is 2. The molecule has 3 nitrogen and oxygen atoms in total. The fourth-order valence-electron chi connectivity index (χ4n) is 5.17. The van der Waals surface area contributed by atoms with E-state index in [9.17, 15) is 9.46 Å². The second-order valence-electron chi connectivity index (χ2n) is 11.4. The molecular formula is C30H61NO2P+. The molecular weight excluding hydrogens is 437 g/mol. The van der Waals surface area contributed by atoms with Crippen molar-refractivity contribution >= 4 is 8.03 Å². The summed E-state index contributed by atoms with van der Waals surface area (Å²) >= 11 is 0. The van der Waals surface area contributed by atoms with Gasteiger partial charge in [-0.1, -0.05) is 127 Å². The van der Waals surface area contributed by atoms with Gasteiger partial charge in [0.2, 0.25) is 0 Å². The Hall–Kier alpha value is -0.240. The average Bonchev–Trinajstić information content (AvgIpc) is 2.78. The number of quaternary nitrogens is 1. The second kappa shape index (κ2) is 22.0. The highest BCUT2D eigenvalue weighted by molar-refractivity contribution is 7.38. The van der Waals surface area contributed by atoms with Crippen LogP contribution in [-0.2, 0) is 4.57 Å². The Bertz CT molecular complexity index is 501. The van der Waals surface area contributed by atoms with Crippen LogP contribution in [0.4, 0.5) is 0 Å². The summed E-state index contributed by atoms with van der Waals surface area (Å²) in [6, 6.07) is 0.